The molecule has 0 saturated heterocycles. The second-order valence-electron chi connectivity index (χ2n) is 4.42. The number of rotatable bonds is 3. The number of aromatic nitrogens is 2. The van der Waals surface area contributed by atoms with Gasteiger partial charge >= 0.3 is 6.18 Å². The van der Waals surface area contributed by atoms with Gasteiger partial charge in [0.05, 0.1) is 11.3 Å². The normalized spacial score (nSPS) is 11.6. The molecule has 0 amide bonds. The number of benzene rings is 1. The molecule has 0 bridgehead atoms. The Morgan fingerprint density at radius 1 is 1.10 bits per heavy atom. The van der Waals surface area contributed by atoms with Crippen molar-refractivity contribution in [1.29, 1.82) is 0 Å². The lowest BCUT2D eigenvalue weighted by Crippen LogP contribution is -2.04. The van der Waals surface area contributed by atoms with Crippen LogP contribution in [0.4, 0.5) is 19.0 Å². The van der Waals surface area contributed by atoms with Crippen LogP contribution in [-0.4, -0.2) is 9.97 Å². The summed E-state index contributed by atoms with van der Waals surface area (Å²) in [6, 6.07) is 6.41. The van der Waals surface area contributed by atoms with Crippen LogP contribution in [0, 0.1) is 0 Å². The van der Waals surface area contributed by atoms with E-state index < -0.39 is 11.7 Å². The summed E-state index contributed by atoms with van der Waals surface area (Å²) in [6.45, 7) is 1.99. The van der Waals surface area contributed by atoms with Gasteiger partial charge in [-0.05, 0) is 18.6 Å². The van der Waals surface area contributed by atoms with Crippen molar-refractivity contribution in [2.45, 2.75) is 25.9 Å². The molecule has 2 rings (SSSR count). The molecule has 0 spiro atoms. The molecule has 0 unspecified atom stereocenters. The van der Waals surface area contributed by atoms with Crippen molar-refractivity contribution in [1.82, 2.24) is 9.97 Å². The Bertz CT molecular complexity index is 592. The Labute approximate surface area is 114 Å². The molecule has 2 aromatic rings. The molecule has 2 N–H and O–H groups in total. The second kappa shape index (κ2) is 5.48. The van der Waals surface area contributed by atoms with Gasteiger partial charge in [-0.25, -0.2) is 9.97 Å². The SMILES string of the molecule is CCCc1nc(N)cc(-c2ccc(C(F)(F)F)cc2)n1. The van der Waals surface area contributed by atoms with E-state index in [1.165, 1.54) is 12.1 Å². The van der Waals surface area contributed by atoms with Crippen LogP contribution in [0.2, 0.25) is 0 Å². The van der Waals surface area contributed by atoms with Gasteiger partial charge < -0.3 is 5.73 Å². The summed E-state index contributed by atoms with van der Waals surface area (Å²) in [5, 5.41) is 0. The number of alkyl halides is 3. The molecule has 6 heteroatoms. The highest BCUT2D eigenvalue weighted by atomic mass is 19.4. The van der Waals surface area contributed by atoms with Crippen molar-refractivity contribution < 1.29 is 13.2 Å². The van der Waals surface area contributed by atoms with Crippen LogP contribution in [0.5, 0.6) is 0 Å². The average Bonchev–Trinajstić information content (AvgIpc) is 2.37. The number of hydrogen-bond acceptors (Lipinski definition) is 3. The first-order valence-electron chi connectivity index (χ1n) is 6.21. The van der Waals surface area contributed by atoms with Gasteiger partial charge in [-0.3, -0.25) is 0 Å². The lowest BCUT2D eigenvalue weighted by molar-refractivity contribution is -0.137. The number of nitrogen functional groups attached to an aromatic ring is 1. The Morgan fingerprint density at radius 3 is 2.30 bits per heavy atom. The Kier molecular flexibility index (Phi) is 3.92. The monoisotopic (exact) mass is 281 g/mol. The summed E-state index contributed by atoms with van der Waals surface area (Å²) in [7, 11) is 0. The minimum absolute atomic E-state index is 0.318. The zero-order chi connectivity index (χ0) is 14.8. The quantitative estimate of drug-likeness (QED) is 0.933. The van der Waals surface area contributed by atoms with E-state index in [-0.39, 0.29) is 0 Å². The number of nitrogens with two attached hydrogens (primary N) is 1. The summed E-state index contributed by atoms with van der Waals surface area (Å²) >= 11 is 0. The highest BCUT2D eigenvalue weighted by Crippen LogP contribution is 2.30. The molecule has 3 nitrogen and oxygen atoms in total. The summed E-state index contributed by atoms with van der Waals surface area (Å²) in [6.07, 6.45) is -2.79. The first-order chi connectivity index (χ1) is 9.40. The predicted octanol–water partition coefficient (Wildman–Crippen LogP) is 3.70. The number of hydrogen-bond donors (Lipinski definition) is 1. The third-order valence-corrected chi connectivity index (χ3v) is 2.77. The smallest absolute Gasteiger partial charge is 0.384 e. The molecule has 0 aliphatic carbocycles. The van der Waals surface area contributed by atoms with Crippen molar-refractivity contribution in [2.24, 2.45) is 0 Å². The molecular weight excluding hydrogens is 267 g/mol. The van der Waals surface area contributed by atoms with E-state index in [9.17, 15) is 13.2 Å². The van der Waals surface area contributed by atoms with Gasteiger partial charge in [0.2, 0.25) is 0 Å². The van der Waals surface area contributed by atoms with E-state index in [0.29, 0.717) is 29.3 Å². The van der Waals surface area contributed by atoms with Gasteiger partial charge in [0.25, 0.3) is 0 Å². The van der Waals surface area contributed by atoms with Gasteiger partial charge in [0.15, 0.2) is 0 Å². The van der Waals surface area contributed by atoms with Gasteiger partial charge in [-0.1, -0.05) is 19.1 Å². The fraction of sp³-hybridized carbons (Fsp3) is 0.286. The number of halogens is 3. The van der Waals surface area contributed by atoms with Crippen molar-refractivity contribution in [2.75, 3.05) is 5.73 Å². The van der Waals surface area contributed by atoms with E-state index in [2.05, 4.69) is 9.97 Å². The molecule has 1 aromatic heterocycles. The number of nitrogens with zero attached hydrogens (tertiary/aromatic N) is 2. The van der Waals surface area contributed by atoms with Crippen LogP contribution >= 0.6 is 0 Å². The highest BCUT2D eigenvalue weighted by molar-refractivity contribution is 5.62. The van der Waals surface area contributed by atoms with Crippen molar-refractivity contribution >= 4 is 5.82 Å². The molecule has 20 heavy (non-hydrogen) atoms. The maximum absolute atomic E-state index is 12.5. The predicted molar refractivity (Wildman–Crippen MR) is 70.9 cm³/mol. The van der Waals surface area contributed by atoms with Crippen LogP contribution < -0.4 is 5.73 Å². The first kappa shape index (κ1) is 14.3. The summed E-state index contributed by atoms with van der Waals surface area (Å²) in [5.74, 6) is 0.917. The molecule has 0 aliphatic heterocycles. The van der Waals surface area contributed by atoms with Gasteiger partial charge in [0, 0.05) is 18.1 Å². The molecule has 0 saturated carbocycles. The largest absolute Gasteiger partial charge is 0.416 e. The van der Waals surface area contributed by atoms with Gasteiger partial charge in [-0.2, -0.15) is 13.2 Å². The second-order valence-corrected chi connectivity index (χ2v) is 4.42. The molecule has 0 aliphatic rings. The minimum Gasteiger partial charge on any atom is -0.384 e. The minimum atomic E-state index is -4.34. The van der Waals surface area contributed by atoms with Crippen molar-refractivity contribution in [3.8, 4) is 11.3 Å². The molecule has 1 aromatic carbocycles. The highest BCUT2D eigenvalue weighted by Gasteiger charge is 2.30. The summed E-state index contributed by atoms with van der Waals surface area (Å²) in [5.41, 5.74) is 6.14. The first-order valence-corrected chi connectivity index (χ1v) is 6.21. The number of aryl methyl sites for hydroxylation is 1. The average molecular weight is 281 g/mol. The van der Waals surface area contributed by atoms with Crippen LogP contribution in [0.1, 0.15) is 24.7 Å². The number of anilines is 1. The fourth-order valence-electron chi connectivity index (χ4n) is 1.83. The standard InChI is InChI=1S/C14H14F3N3/c1-2-3-13-19-11(8-12(18)20-13)9-4-6-10(7-5-9)14(15,16)17/h4-8H,2-3H2,1H3,(H2,18,19,20). The summed E-state index contributed by atoms with van der Waals surface area (Å²) < 4.78 is 37.5. The molecule has 106 valence electrons. The fourth-order valence-corrected chi connectivity index (χ4v) is 1.83. The van der Waals surface area contributed by atoms with Crippen LogP contribution in [0.25, 0.3) is 11.3 Å². The van der Waals surface area contributed by atoms with E-state index in [1.54, 1.807) is 6.07 Å². The van der Waals surface area contributed by atoms with Crippen LogP contribution in [0.3, 0.4) is 0 Å². The van der Waals surface area contributed by atoms with E-state index in [0.717, 1.165) is 18.6 Å². The zero-order valence-electron chi connectivity index (χ0n) is 10.9. The van der Waals surface area contributed by atoms with E-state index in [1.807, 2.05) is 6.92 Å². The lowest BCUT2D eigenvalue weighted by Gasteiger charge is -2.08. The Balaban J connectivity index is 2.36. The molecule has 1 heterocycles. The lowest BCUT2D eigenvalue weighted by atomic mass is 10.1. The maximum Gasteiger partial charge on any atom is 0.416 e. The van der Waals surface area contributed by atoms with Crippen molar-refractivity contribution in [3.63, 3.8) is 0 Å². The maximum atomic E-state index is 12.5. The third kappa shape index (κ3) is 3.26. The molecule has 0 fully saturated rings. The third-order valence-electron chi connectivity index (χ3n) is 2.77. The van der Waals surface area contributed by atoms with E-state index >= 15 is 0 Å². The van der Waals surface area contributed by atoms with Crippen LogP contribution in [0.15, 0.2) is 30.3 Å². The van der Waals surface area contributed by atoms with E-state index in [4.69, 9.17) is 5.73 Å². The van der Waals surface area contributed by atoms with Gasteiger partial charge in [0.1, 0.15) is 11.6 Å². The Hall–Kier alpha value is -2.11. The zero-order valence-corrected chi connectivity index (χ0v) is 10.9. The van der Waals surface area contributed by atoms with Gasteiger partial charge in [-0.15, -0.1) is 0 Å². The topological polar surface area (TPSA) is 51.8 Å². The Morgan fingerprint density at radius 2 is 1.75 bits per heavy atom. The molecule has 0 atom stereocenters. The summed E-state index contributed by atoms with van der Waals surface area (Å²) in [4.78, 5) is 8.41. The van der Waals surface area contributed by atoms with Crippen molar-refractivity contribution in [3.05, 3.63) is 41.7 Å². The van der Waals surface area contributed by atoms with Crippen LogP contribution in [-0.2, 0) is 12.6 Å². The molecule has 0 radical (unpaired) electrons. The molecular formula is C14H14F3N3.